The molecule has 1 fully saturated rings. The number of anilines is 1. The van der Waals surface area contributed by atoms with Crippen LogP contribution in [0.1, 0.15) is 51.0 Å². The van der Waals surface area contributed by atoms with Crippen LogP contribution in [0.4, 0.5) is 11.4 Å². The summed E-state index contributed by atoms with van der Waals surface area (Å²) in [7, 11) is 0. The smallest absolute Gasteiger partial charge is 0.304 e. The fourth-order valence-electron chi connectivity index (χ4n) is 3.63. The Balaban J connectivity index is 2.24. The average molecular weight is 348 g/mol. The summed E-state index contributed by atoms with van der Waals surface area (Å²) in [6.07, 6.45) is 4.58. The van der Waals surface area contributed by atoms with Gasteiger partial charge in [0.1, 0.15) is 0 Å². The SMILES string of the molecule is Cc1cc([N+](=O)[O-])ccc1NC(=O)C(C)(CC(=O)O)C1CCCCC1. The second-order valence-electron chi connectivity index (χ2n) is 7.03. The van der Waals surface area contributed by atoms with E-state index < -0.39 is 16.3 Å². The molecule has 1 atom stereocenters. The number of hydrogen-bond donors (Lipinski definition) is 2. The summed E-state index contributed by atoms with van der Waals surface area (Å²) in [5.74, 6) is -1.31. The molecule has 0 aromatic heterocycles. The number of carboxylic acids is 1. The minimum atomic E-state index is -1.000. The number of carbonyl (C=O) groups excluding carboxylic acids is 1. The molecule has 0 radical (unpaired) electrons. The molecule has 25 heavy (non-hydrogen) atoms. The second-order valence-corrected chi connectivity index (χ2v) is 7.03. The predicted molar refractivity (Wildman–Crippen MR) is 93.4 cm³/mol. The van der Waals surface area contributed by atoms with Gasteiger partial charge < -0.3 is 10.4 Å². The number of aryl methyl sites for hydroxylation is 1. The summed E-state index contributed by atoms with van der Waals surface area (Å²) in [6, 6.07) is 4.22. The van der Waals surface area contributed by atoms with Gasteiger partial charge in [0.2, 0.25) is 5.91 Å². The molecule has 136 valence electrons. The van der Waals surface area contributed by atoms with Crippen LogP contribution >= 0.6 is 0 Å². The van der Waals surface area contributed by atoms with Crippen molar-refractivity contribution in [3.8, 4) is 0 Å². The van der Waals surface area contributed by atoms with Crippen LogP contribution in [0.25, 0.3) is 0 Å². The van der Waals surface area contributed by atoms with Crippen molar-refractivity contribution in [1.82, 2.24) is 0 Å². The first-order valence-electron chi connectivity index (χ1n) is 8.52. The van der Waals surface area contributed by atoms with Crippen molar-refractivity contribution in [2.24, 2.45) is 11.3 Å². The normalized spacial score (nSPS) is 17.5. The lowest BCUT2D eigenvalue weighted by atomic mass is 9.67. The first kappa shape index (κ1) is 18.9. The van der Waals surface area contributed by atoms with Crippen LogP contribution in [0.2, 0.25) is 0 Å². The van der Waals surface area contributed by atoms with E-state index in [4.69, 9.17) is 0 Å². The Morgan fingerprint density at radius 1 is 1.32 bits per heavy atom. The molecule has 1 aromatic rings. The molecule has 1 amide bonds. The fourth-order valence-corrected chi connectivity index (χ4v) is 3.63. The van der Waals surface area contributed by atoms with Gasteiger partial charge in [0.05, 0.1) is 16.8 Å². The standard InChI is InChI=1S/C18H24N2O5/c1-12-10-14(20(24)25)8-9-15(12)19-17(23)18(2,11-16(21)22)13-6-4-3-5-7-13/h8-10,13H,3-7,11H2,1-2H3,(H,19,23)(H,21,22). The molecule has 1 aliphatic rings. The lowest BCUT2D eigenvalue weighted by Crippen LogP contribution is -2.42. The highest BCUT2D eigenvalue weighted by Crippen LogP contribution is 2.42. The molecule has 2 N–H and O–H groups in total. The van der Waals surface area contributed by atoms with Crippen LogP contribution in [0, 0.1) is 28.4 Å². The van der Waals surface area contributed by atoms with Crippen molar-refractivity contribution in [3.63, 3.8) is 0 Å². The Morgan fingerprint density at radius 2 is 1.96 bits per heavy atom. The van der Waals surface area contributed by atoms with Crippen LogP contribution < -0.4 is 5.32 Å². The number of rotatable bonds is 6. The third-order valence-electron chi connectivity index (χ3n) is 5.21. The monoisotopic (exact) mass is 348 g/mol. The van der Waals surface area contributed by atoms with E-state index in [1.165, 1.54) is 18.2 Å². The van der Waals surface area contributed by atoms with E-state index in [9.17, 15) is 24.8 Å². The summed E-state index contributed by atoms with van der Waals surface area (Å²) in [4.78, 5) is 34.6. The largest absolute Gasteiger partial charge is 0.481 e. The summed E-state index contributed by atoms with van der Waals surface area (Å²) >= 11 is 0. The number of nitro groups is 1. The second kappa shape index (κ2) is 7.63. The molecule has 1 unspecified atom stereocenters. The van der Waals surface area contributed by atoms with Crippen LogP contribution in [0.15, 0.2) is 18.2 Å². The first-order valence-corrected chi connectivity index (χ1v) is 8.52. The minimum Gasteiger partial charge on any atom is -0.481 e. The highest BCUT2D eigenvalue weighted by atomic mass is 16.6. The van der Waals surface area contributed by atoms with Crippen molar-refractivity contribution in [3.05, 3.63) is 33.9 Å². The maximum Gasteiger partial charge on any atom is 0.304 e. The molecule has 1 aromatic carbocycles. The maximum absolute atomic E-state index is 12.9. The number of carboxylic acid groups (broad SMARTS) is 1. The molecule has 1 saturated carbocycles. The van der Waals surface area contributed by atoms with Gasteiger partial charge in [-0.2, -0.15) is 0 Å². The number of non-ortho nitro benzene ring substituents is 1. The number of nitrogens with one attached hydrogen (secondary N) is 1. The number of nitro benzene ring substituents is 1. The fraction of sp³-hybridized carbons (Fsp3) is 0.556. The van der Waals surface area contributed by atoms with Crippen LogP contribution in [-0.2, 0) is 9.59 Å². The van der Waals surface area contributed by atoms with E-state index in [1.807, 2.05) is 0 Å². The average Bonchev–Trinajstić information content (AvgIpc) is 2.56. The molecule has 2 rings (SSSR count). The molecule has 0 spiro atoms. The maximum atomic E-state index is 12.9. The van der Waals surface area contributed by atoms with Gasteiger partial charge in [0, 0.05) is 17.8 Å². The first-order chi connectivity index (χ1) is 11.7. The van der Waals surface area contributed by atoms with E-state index in [0.717, 1.165) is 32.1 Å². The van der Waals surface area contributed by atoms with E-state index in [2.05, 4.69) is 5.32 Å². The van der Waals surface area contributed by atoms with Crippen molar-refractivity contribution >= 4 is 23.3 Å². The van der Waals surface area contributed by atoms with E-state index in [-0.39, 0.29) is 23.9 Å². The summed E-state index contributed by atoms with van der Waals surface area (Å²) < 4.78 is 0. The highest BCUT2D eigenvalue weighted by molar-refractivity contribution is 5.98. The molecule has 0 heterocycles. The predicted octanol–water partition coefficient (Wildman–Crippen LogP) is 3.90. The lowest BCUT2D eigenvalue weighted by molar-refractivity contribution is -0.384. The van der Waals surface area contributed by atoms with Crippen LogP contribution in [-0.4, -0.2) is 21.9 Å². The Labute approximate surface area is 146 Å². The quantitative estimate of drug-likeness (QED) is 0.598. The van der Waals surface area contributed by atoms with Crippen molar-refractivity contribution in [2.75, 3.05) is 5.32 Å². The van der Waals surface area contributed by atoms with Crippen LogP contribution in [0.5, 0.6) is 0 Å². The van der Waals surface area contributed by atoms with Crippen molar-refractivity contribution in [1.29, 1.82) is 0 Å². The van der Waals surface area contributed by atoms with Crippen molar-refractivity contribution in [2.45, 2.75) is 52.4 Å². The molecular formula is C18H24N2O5. The Morgan fingerprint density at radius 3 is 2.48 bits per heavy atom. The molecule has 0 aliphatic heterocycles. The van der Waals surface area contributed by atoms with Crippen LogP contribution in [0.3, 0.4) is 0 Å². The van der Waals surface area contributed by atoms with Gasteiger partial charge in [-0.15, -0.1) is 0 Å². The molecule has 0 saturated heterocycles. The zero-order chi connectivity index (χ0) is 18.6. The number of carbonyl (C=O) groups is 2. The molecule has 0 bridgehead atoms. The Kier molecular flexibility index (Phi) is 5.77. The zero-order valence-corrected chi connectivity index (χ0v) is 14.6. The van der Waals surface area contributed by atoms with Gasteiger partial charge in [0.15, 0.2) is 0 Å². The Bertz CT molecular complexity index is 682. The highest BCUT2D eigenvalue weighted by Gasteiger charge is 2.43. The van der Waals surface area contributed by atoms with E-state index in [1.54, 1.807) is 13.8 Å². The van der Waals surface area contributed by atoms with Crippen molar-refractivity contribution < 1.29 is 19.6 Å². The number of benzene rings is 1. The van der Waals surface area contributed by atoms with Gasteiger partial charge in [0.25, 0.3) is 5.69 Å². The third-order valence-corrected chi connectivity index (χ3v) is 5.21. The van der Waals surface area contributed by atoms with Gasteiger partial charge in [-0.1, -0.05) is 19.3 Å². The summed E-state index contributed by atoms with van der Waals surface area (Å²) in [5, 5.41) is 22.9. The molecule has 7 heteroatoms. The van der Waals surface area contributed by atoms with E-state index in [0.29, 0.717) is 11.3 Å². The molecule has 1 aliphatic carbocycles. The number of hydrogen-bond acceptors (Lipinski definition) is 4. The molecular weight excluding hydrogens is 324 g/mol. The lowest BCUT2D eigenvalue weighted by Gasteiger charge is -2.37. The molecule has 7 nitrogen and oxygen atoms in total. The minimum absolute atomic E-state index is 0.0238. The van der Waals surface area contributed by atoms with Gasteiger partial charge >= 0.3 is 5.97 Å². The number of nitrogens with zero attached hydrogens (tertiary/aromatic N) is 1. The number of aliphatic carboxylic acids is 1. The summed E-state index contributed by atoms with van der Waals surface area (Å²) in [6.45, 7) is 3.39. The third kappa shape index (κ3) is 4.35. The zero-order valence-electron chi connectivity index (χ0n) is 14.6. The van der Waals surface area contributed by atoms with E-state index >= 15 is 0 Å². The topological polar surface area (TPSA) is 110 Å². The van der Waals surface area contributed by atoms with Gasteiger partial charge in [-0.05, 0) is 44.2 Å². The van der Waals surface area contributed by atoms with Gasteiger partial charge in [-0.3, -0.25) is 19.7 Å². The van der Waals surface area contributed by atoms with Gasteiger partial charge in [-0.25, -0.2) is 0 Å². The summed E-state index contributed by atoms with van der Waals surface area (Å²) in [5.41, 5.74) is 0.00321. The number of amides is 1. The Hall–Kier alpha value is -2.44.